The fourth-order valence-corrected chi connectivity index (χ4v) is 1.96. The van der Waals surface area contributed by atoms with Crippen molar-refractivity contribution in [3.63, 3.8) is 0 Å². The van der Waals surface area contributed by atoms with Crippen LogP contribution in [0.25, 0.3) is 0 Å². The van der Waals surface area contributed by atoms with Crippen LogP contribution in [0.2, 0.25) is 0 Å². The van der Waals surface area contributed by atoms with Crippen LogP contribution >= 0.6 is 0 Å². The second-order valence-corrected chi connectivity index (χ2v) is 6.32. The molecule has 0 aliphatic rings. The monoisotopic (exact) mass is 402 g/mol. The minimum atomic E-state index is -5.17. The van der Waals surface area contributed by atoms with E-state index >= 15 is 0 Å². The molecular weight excluding hydrogens is 370 g/mol. The van der Waals surface area contributed by atoms with Gasteiger partial charge in [-0.3, -0.25) is 8.42 Å². The van der Waals surface area contributed by atoms with Gasteiger partial charge in [-0.2, -0.15) is 0 Å². The molecule has 0 aliphatic heterocycles. The van der Waals surface area contributed by atoms with Gasteiger partial charge in [-0.25, -0.2) is 0 Å². The van der Waals surface area contributed by atoms with E-state index in [9.17, 15) is 0 Å². The third-order valence-corrected chi connectivity index (χ3v) is 3.16. The van der Waals surface area contributed by atoms with Crippen molar-refractivity contribution in [2.75, 3.05) is 19.8 Å². The number of unbranched alkanes of at least 4 members (excludes halogenated alkanes) is 9. The van der Waals surface area contributed by atoms with Crippen LogP contribution in [0.4, 0.5) is 0 Å². The van der Waals surface area contributed by atoms with E-state index in [-0.39, 0.29) is 72.3 Å². The van der Waals surface area contributed by atoms with Crippen molar-refractivity contribution in [2.24, 2.45) is 0 Å². The van der Waals surface area contributed by atoms with E-state index in [4.69, 9.17) is 32.5 Å². The minimum absolute atomic E-state index is 0. The van der Waals surface area contributed by atoms with E-state index in [1.165, 1.54) is 57.8 Å². The summed E-state index contributed by atoms with van der Waals surface area (Å²) in [5.41, 5.74) is 0. The predicted molar refractivity (Wildman–Crippen MR) is 86.2 cm³/mol. The molecule has 0 saturated heterocycles. The van der Waals surface area contributed by atoms with Crippen molar-refractivity contribution < 1.29 is 91.6 Å². The Morgan fingerprint density at radius 2 is 1.24 bits per heavy atom. The van der Waals surface area contributed by atoms with Crippen molar-refractivity contribution in [3.05, 3.63) is 0 Å². The Hall–Kier alpha value is 1.75. The van der Waals surface area contributed by atoms with Gasteiger partial charge in [-0.05, 0) is 6.42 Å². The number of hydrogen-bond acceptors (Lipinski definition) is 7. The standard InChI is InChI=1S/C15H32O3.2Na.H2O4S/c1-2-3-4-5-6-7-8-9-10-11-12-18-14-15(17)13-16;;;1-5(2,3)4/h15-17H,2-14H2,1H3;;;(H2,1,2,3,4)/q;2*+1;/p-2. The second-order valence-electron chi connectivity index (χ2n) is 5.50. The predicted octanol–water partition coefficient (Wildman–Crippen LogP) is -4.05. The molecule has 0 radical (unpaired) electrons. The molecule has 1 atom stereocenters. The summed E-state index contributed by atoms with van der Waals surface area (Å²) in [6.07, 6.45) is 12.5. The Morgan fingerprint density at radius 1 is 0.880 bits per heavy atom. The van der Waals surface area contributed by atoms with Gasteiger partial charge in [0.2, 0.25) is 0 Å². The van der Waals surface area contributed by atoms with Crippen LogP contribution in [0.5, 0.6) is 0 Å². The third-order valence-electron chi connectivity index (χ3n) is 3.16. The molecule has 0 heterocycles. The zero-order valence-corrected chi connectivity index (χ0v) is 20.9. The maximum Gasteiger partial charge on any atom is 1.00 e. The molecule has 1 unspecified atom stereocenters. The van der Waals surface area contributed by atoms with Gasteiger partial charge < -0.3 is 24.1 Å². The van der Waals surface area contributed by atoms with Crippen LogP contribution in [0.3, 0.4) is 0 Å². The summed E-state index contributed by atoms with van der Waals surface area (Å²) < 4.78 is 39.3. The molecule has 7 nitrogen and oxygen atoms in total. The molecule has 142 valence electrons. The SMILES string of the molecule is CCCCCCCCCCCCOCC(O)CO.O=S(=O)([O-])[O-].[Na+].[Na+]. The average molecular weight is 402 g/mol. The Kier molecular flexibility index (Phi) is 35.3. The van der Waals surface area contributed by atoms with Gasteiger partial charge in [0.15, 0.2) is 0 Å². The fraction of sp³-hybridized carbons (Fsp3) is 1.00. The van der Waals surface area contributed by atoms with Crippen LogP contribution in [0.15, 0.2) is 0 Å². The Bertz CT molecular complexity index is 322. The molecule has 0 fully saturated rings. The van der Waals surface area contributed by atoms with E-state index in [1.54, 1.807) is 0 Å². The first-order chi connectivity index (χ1) is 10.8. The van der Waals surface area contributed by atoms with Gasteiger partial charge >= 0.3 is 59.1 Å². The average Bonchev–Trinajstić information content (AvgIpc) is 2.46. The first kappa shape index (κ1) is 34.3. The molecule has 0 aromatic rings. The third kappa shape index (κ3) is 46.1. The molecule has 10 heteroatoms. The smallest absolute Gasteiger partial charge is 0.759 e. The topological polar surface area (TPSA) is 130 Å². The molecule has 0 bridgehead atoms. The molecule has 2 N–H and O–H groups in total. The molecule has 0 spiro atoms. The minimum Gasteiger partial charge on any atom is -0.759 e. The molecule has 0 aliphatic carbocycles. The Labute approximate surface area is 197 Å². The maximum atomic E-state index is 9.04. The van der Waals surface area contributed by atoms with Crippen LogP contribution < -0.4 is 59.1 Å². The summed E-state index contributed by atoms with van der Waals surface area (Å²) in [5.74, 6) is 0. The summed E-state index contributed by atoms with van der Waals surface area (Å²) in [5, 5.41) is 17.6. The molecule has 0 aromatic heterocycles. The largest absolute Gasteiger partial charge is 1.00 e. The first-order valence-electron chi connectivity index (χ1n) is 8.34. The molecule has 0 saturated carbocycles. The van der Waals surface area contributed by atoms with E-state index in [0.717, 1.165) is 6.42 Å². The quantitative estimate of drug-likeness (QED) is 0.131. The van der Waals surface area contributed by atoms with Gasteiger partial charge in [-0.1, -0.05) is 64.7 Å². The van der Waals surface area contributed by atoms with Gasteiger partial charge in [0.05, 0.1) is 13.2 Å². The van der Waals surface area contributed by atoms with Gasteiger partial charge in [0.25, 0.3) is 0 Å². The number of aliphatic hydroxyl groups excluding tert-OH is 2. The van der Waals surface area contributed by atoms with Crippen LogP contribution in [0, 0.1) is 0 Å². The Morgan fingerprint density at radius 3 is 1.60 bits per heavy atom. The van der Waals surface area contributed by atoms with Crippen molar-refractivity contribution in [2.45, 2.75) is 77.2 Å². The Balaban J connectivity index is -0.000000276. The fourth-order valence-electron chi connectivity index (χ4n) is 1.96. The van der Waals surface area contributed by atoms with Crippen LogP contribution in [-0.4, -0.2) is 53.7 Å². The molecule has 0 aromatic carbocycles. The molecular formula is C15H32Na2O7S. The second kappa shape index (κ2) is 25.8. The van der Waals surface area contributed by atoms with Gasteiger partial charge in [-0.15, -0.1) is 0 Å². The van der Waals surface area contributed by atoms with Crippen molar-refractivity contribution >= 4 is 10.4 Å². The van der Waals surface area contributed by atoms with E-state index in [0.29, 0.717) is 6.61 Å². The van der Waals surface area contributed by atoms with Gasteiger partial charge in [0, 0.05) is 17.0 Å². The van der Waals surface area contributed by atoms with Crippen molar-refractivity contribution in [1.29, 1.82) is 0 Å². The number of rotatable bonds is 14. The number of hydrogen-bond donors (Lipinski definition) is 2. The van der Waals surface area contributed by atoms with Crippen LogP contribution in [-0.2, 0) is 15.1 Å². The normalized spacial score (nSPS) is 11.6. The van der Waals surface area contributed by atoms with Gasteiger partial charge in [0.1, 0.15) is 6.10 Å². The molecule has 0 rings (SSSR count). The first-order valence-corrected chi connectivity index (χ1v) is 9.68. The van der Waals surface area contributed by atoms with E-state index in [1.807, 2.05) is 0 Å². The summed E-state index contributed by atoms with van der Waals surface area (Å²) in [6.45, 7) is 3.00. The molecule has 0 amide bonds. The summed E-state index contributed by atoms with van der Waals surface area (Å²) in [7, 11) is -5.17. The summed E-state index contributed by atoms with van der Waals surface area (Å²) >= 11 is 0. The van der Waals surface area contributed by atoms with Crippen LogP contribution in [0.1, 0.15) is 71.1 Å². The van der Waals surface area contributed by atoms with E-state index in [2.05, 4.69) is 6.92 Å². The van der Waals surface area contributed by atoms with E-state index < -0.39 is 16.5 Å². The molecule has 25 heavy (non-hydrogen) atoms. The van der Waals surface area contributed by atoms with Crippen molar-refractivity contribution in [3.8, 4) is 0 Å². The summed E-state index contributed by atoms with van der Waals surface area (Å²) in [6, 6.07) is 0. The van der Waals surface area contributed by atoms with Crippen molar-refractivity contribution in [1.82, 2.24) is 0 Å². The zero-order valence-electron chi connectivity index (χ0n) is 16.1. The summed E-state index contributed by atoms with van der Waals surface area (Å²) in [4.78, 5) is 0. The maximum absolute atomic E-state index is 9.04. The number of ether oxygens (including phenoxy) is 1. The number of aliphatic hydroxyl groups is 2. The zero-order chi connectivity index (χ0) is 18.0.